The van der Waals surface area contributed by atoms with Gasteiger partial charge in [-0.25, -0.2) is 14.8 Å². The fourth-order valence-electron chi connectivity index (χ4n) is 6.09. The molecule has 34 heavy (non-hydrogen) atoms. The Balaban J connectivity index is 1.22. The average molecular weight is 483 g/mol. The minimum atomic E-state index is -4.46. The number of alkyl halides is 3. The van der Waals surface area contributed by atoms with E-state index in [0.717, 1.165) is 18.9 Å². The van der Waals surface area contributed by atoms with Gasteiger partial charge in [0.15, 0.2) is 0 Å². The van der Waals surface area contributed by atoms with Crippen molar-refractivity contribution >= 4 is 12.0 Å². The molecule has 3 fully saturated rings. The second-order valence-electron chi connectivity index (χ2n) is 11.9. The standard InChI is InChI=1S/C24H37F3N6O/c1-16-11-32(20-28-9-19(10-29-20)24(25,26)27)12-17(2)33(16)21(34)30-8-18-6-23(7-18)14-31(15-23)13-22(3,4)5/h9-10,16-18H,6-8,11-15H2,1-5H3,(H,30,34)/t16-,17+. The number of aromatic nitrogens is 2. The number of hydrogen-bond acceptors (Lipinski definition) is 5. The number of carbonyl (C=O) groups excluding carboxylic acids is 1. The summed E-state index contributed by atoms with van der Waals surface area (Å²) in [5, 5.41) is 3.13. The highest BCUT2D eigenvalue weighted by Gasteiger charge is 2.52. The van der Waals surface area contributed by atoms with Gasteiger partial charge in [0.1, 0.15) is 0 Å². The first-order valence-electron chi connectivity index (χ1n) is 12.2. The third kappa shape index (κ3) is 5.42. The minimum Gasteiger partial charge on any atom is -0.338 e. The van der Waals surface area contributed by atoms with Crippen molar-refractivity contribution in [3.8, 4) is 0 Å². The molecule has 1 aromatic heterocycles. The molecular formula is C24H37F3N6O. The Kier molecular flexibility index (Phi) is 6.50. The number of hydrogen-bond donors (Lipinski definition) is 1. The van der Waals surface area contributed by atoms with Crippen LogP contribution in [0.5, 0.6) is 0 Å². The van der Waals surface area contributed by atoms with Gasteiger partial charge in [-0.1, -0.05) is 20.8 Å². The first-order valence-corrected chi connectivity index (χ1v) is 12.2. The van der Waals surface area contributed by atoms with E-state index in [-0.39, 0.29) is 24.1 Å². The summed E-state index contributed by atoms with van der Waals surface area (Å²) in [6, 6.07) is -0.295. The Morgan fingerprint density at radius 3 is 2.15 bits per heavy atom. The summed E-state index contributed by atoms with van der Waals surface area (Å²) >= 11 is 0. The Bertz CT molecular complexity index is 858. The molecule has 1 N–H and O–H groups in total. The molecule has 2 atom stereocenters. The summed E-state index contributed by atoms with van der Waals surface area (Å²) in [6.07, 6.45) is -0.476. The van der Waals surface area contributed by atoms with Crippen LogP contribution in [0.25, 0.3) is 0 Å². The molecule has 1 saturated carbocycles. The first-order chi connectivity index (χ1) is 15.7. The summed E-state index contributed by atoms with van der Waals surface area (Å²) in [4.78, 5) is 27.0. The van der Waals surface area contributed by atoms with Crippen LogP contribution >= 0.6 is 0 Å². The molecule has 3 aliphatic rings. The molecule has 10 heteroatoms. The molecule has 1 aromatic rings. The molecule has 190 valence electrons. The van der Waals surface area contributed by atoms with E-state index in [1.54, 1.807) is 0 Å². The highest BCUT2D eigenvalue weighted by atomic mass is 19.4. The van der Waals surface area contributed by atoms with Gasteiger partial charge < -0.3 is 20.0 Å². The summed E-state index contributed by atoms with van der Waals surface area (Å²) < 4.78 is 38.3. The van der Waals surface area contributed by atoms with Crippen molar-refractivity contribution in [2.75, 3.05) is 44.2 Å². The molecule has 0 bridgehead atoms. The maximum absolute atomic E-state index is 12.9. The van der Waals surface area contributed by atoms with E-state index in [1.807, 2.05) is 23.6 Å². The smallest absolute Gasteiger partial charge is 0.338 e. The van der Waals surface area contributed by atoms with Crippen LogP contribution in [-0.4, -0.2) is 77.2 Å². The zero-order valence-corrected chi connectivity index (χ0v) is 20.8. The SMILES string of the molecule is C[C@@H]1CN(c2ncc(C(F)(F)F)cn2)C[C@H](C)N1C(=O)NCC1CC2(C1)CN(CC(C)(C)C)C2. The van der Waals surface area contributed by atoms with Crippen molar-refractivity contribution in [2.24, 2.45) is 16.7 Å². The van der Waals surface area contributed by atoms with E-state index < -0.39 is 11.7 Å². The van der Waals surface area contributed by atoms with Gasteiger partial charge in [0, 0.05) is 63.7 Å². The average Bonchev–Trinajstić information content (AvgIpc) is 2.66. The molecule has 4 rings (SSSR count). The van der Waals surface area contributed by atoms with Crippen molar-refractivity contribution in [3.63, 3.8) is 0 Å². The van der Waals surface area contributed by atoms with E-state index >= 15 is 0 Å². The van der Waals surface area contributed by atoms with Crippen LogP contribution in [0, 0.1) is 16.7 Å². The summed E-state index contributed by atoms with van der Waals surface area (Å²) in [6.45, 7) is 15.8. The van der Waals surface area contributed by atoms with Crippen molar-refractivity contribution in [1.82, 2.24) is 25.1 Å². The molecule has 2 saturated heterocycles. The Morgan fingerprint density at radius 2 is 1.65 bits per heavy atom. The molecule has 0 aromatic carbocycles. The van der Waals surface area contributed by atoms with Gasteiger partial charge in [-0.2, -0.15) is 13.2 Å². The number of likely N-dealkylation sites (tertiary alicyclic amines) is 1. The zero-order chi connectivity index (χ0) is 24.9. The van der Waals surface area contributed by atoms with Crippen molar-refractivity contribution in [3.05, 3.63) is 18.0 Å². The normalized spacial score (nSPS) is 25.8. The molecule has 2 aliphatic heterocycles. The van der Waals surface area contributed by atoms with Crippen LogP contribution in [0.2, 0.25) is 0 Å². The maximum Gasteiger partial charge on any atom is 0.419 e. The number of halogens is 3. The lowest BCUT2D eigenvalue weighted by Crippen LogP contribution is -2.65. The van der Waals surface area contributed by atoms with Gasteiger partial charge in [0.05, 0.1) is 5.56 Å². The lowest BCUT2D eigenvalue weighted by molar-refractivity contribution is -0.138. The number of piperazine rings is 1. The number of carbonyl (C=O) groups is 1. The molecule has 1 aliphatic carbocycles. The molecular weight excluding hydrogens is 445 g/mol. The summed E-state index contributed by atoms with van der Waals surface area (Å²) in [5.41, 5.74) is -0.0690. The molecule has 7 nitrogen and oxygen atoms in total. The number of nitrogens with one attached hydrogen (secondary N) is 1. The van der Waals surface area contributed by atoms with Gasteiger partial charge in [-0.15, -0.1) is 0 Å². The summed E-state index contributed by atoms with van der Waals surface area (Å²) in [5.74, 6) is 0.792. The number of anilines is 1. The van der Waals surface area contributed by atoms with Crippen LogP contribution < -0.4 is 10.2 Å². The summed E-state index contributed by atoms with van der Waals surface area (Å²) in [7, 11) is 0. The number of rotatable bonds is 4. The van der Waals surface area contributed by atoms with Gasteiger partial charge >= 0.3 is 12.2 Å². The van der Waals surface area contributed by atoms with Gasteiger partial charge in [-0.05, 0) is 43.4 Å². The monoisotopic (exact) mass is 482 g/mol. The molecule has 2 amide bonds. The molecule has 0 radical (unpaired) electrons. The minimum absolute atomic E-state index is 0.0723. The Hall–Kier alpha value is -2.10. The lowest BCUT2D eigenvalue weighted by Gasteiger charge is -2.60. The highest BCUT2D eigenvalue weighted by Crippen LogP contribution is 2.52. The Morgan fingerprint density at radius 1 is 1.09 bits per heavy atom. The van der Waals surface area contributed by atoms with E-state index in [9.17, 15) is 18.0 Å². The Labute approximate surface area is 200 Å². The fraction of sp³-hybridized carbons (Fsp3) is 0.792. The second kappa shape index (κ2) is 8.84. The van der Waals surface area contributed by atoms with Gasteiger partial charge in [0.25, 0.3) is 0 Å². The first kappa shape index (κ1) is 25.0. The number of nitrogens with zero attached hydrogens (tertiary/aromatic N) is 5. The van der Waals surface area contributed by atoms with Crippen molar-refractivity contribution < 1.29 is 18.0 Å². The van der Waals surface area contributed by atoms with Crippen LogP contribution in [0.4, 0.5) is 23.9 Å². The van der Waals surface area contributed by atoms with Gasteiger partial charge in [-0.3, -0.25) is 0 Å². The quantitative estimate of drug-likeness (QED) is 0.706. The van der Waals surface area contributed by atoms with Crippen molar-refractivity contribution in [2.45, 2.75) is 65.7 Å². The fourth-order valence-corrected chi connectivity index (χ4v) is 6.09. The van der Waals surface area contributed by atoms with Gasteiger partial charge in [0.2, 0.25) is 5.95 Å². The van der Waals surface area contributed by atoms with E-state index in [2.05, 4.69) is 41.0 Å². The predicted molar refractivity (Wildman–Crippen MR) is 124 cm³/mol. The number of urea groups is 1. The van der Waals surface area contributed by atoms with E-state index in [0.29, 0.717) is 36.4 Å². The third-order valence-electron chi connectivity index (χ3n) is 7.20. The molecule has 0 unspecified atom stereocenters. The lowest BCUT2D eigenvalue weighted by atomic mass is 9.57. The van der Waals surface area contributed by atoms with E-state index in [4.69, 9.17) is 0 Å². The predicted octanol–water partition coefficient (Wildman–Crippen LogP) is 3.86. The van der Waals surface area contributed by atoms with Crippen molar-refractivity contribution in [1.29, 1.82) is 0 Å². The second-order valence-corrected chi connectivity index (χ2v) is 11.9. The van der Waals surface area contributed by atoms with Crippen LogP contribution in [-0.2, 0) is 6.18 Å². The van der Waals surface area contributed by atoms with E-state index in [1.165, 1.54) is 25.9 Å². The molecule has 3 heterocycles. The van der Waals surface area contributed by atoms with Crippen LogP contribution in [0.3, 0.4) is 0 Å². The highest BCUT2D eigenvalue weighted by molar-refractivity contribution is 5.75. The molecule has 1 spiro atoms. The zero-order valence-electron chi connectivity index (χ0n) is 20.8. The third-order valence-corrected chi connectivity index (χ3v) is 7.20. The number of amides is 2. The van der Waals surface area contributed by atoms with Crippen LogP contribution in [0.1, 0.15) is 53.0 Å². The maximum atomic E-state index is 12.9. The topological polar surface area (TPSA) is 64.6 Å². The largest absolute Gasteiger partial charge is 0.419 e. The van der Waals surface area contributed by atoms with Crippen LogP contribution in [0.15, 0.2) is 12.4 Å².